The van der Waals surface area contributed by atoms with Gasteiger partial charge in [0.05, 0.1) is 25.6 Å². The third-order valence-electron chi connectivity index (χ3n) is 28.9. The molecule has 0 radical (unpaired) electrons. The molecule has 0 aromatic heterocycles. The highest BCUT2D eigenvalue weighted by atomic mass is 16.5. The number of esters is 1. The van der Waals surface area contributed by atoms with E-state index >= 15 is 0 Å². The minimum atomic E-state index is -0.778. The van der Waals surface area contributed by atoms with Gasteiger partial charge < -0.3 is 53.9 Å². The summed E-state index contributed by atoms with van der Waals surface area (Å²) in [5.41, 5.74) is 8.55. The van der Waals surface area contributed by atoms with Crippen LogP contribution in [-0.2, 0) is 38.1 Å². The molecular formula is C115H224N6O9. The van der Waals surface area contributed by atoms with Gasteiger partial charge in [0.1, 0.15) is 19.2 Å². The number of ether oxygens (including phenoxy) is 4. The summed E-state index contributed by atoms with van der Waals surface area (Å²) in [6.07, 6.45) is 8.97. The van der Waals surface area contributed by atoms with Crippen LogP contribution in [0.25, 0.3) is 0 Å². The predicted molar refractivity (Wildman–Crippen MR) is 564 cm³/mol. The maximum Gasteiger partial charge on any atom is 0.325 e. The summed E-state index contributed by atoms with van der Waals surface area (Å²) in [5, 5.41) is 12.6. The Morgan fingerprint density at radius 3 is 1.03 bits per heavy atom. The quantitative estimate of drug-likeness (QED) is 0.233. The van der Waals surface area contributed by atoms with Crippen LogP contribution in [0.5, 0.6) is 0 Å². The molecule has 768 valence electrons. The van der Waals surface area contributed by atoms with E-state index in [4.69, 9.17) is 24.1 Å². The van der Waals surface area contributed by atoms with E-state index in [1.165, 1.54) is 30.6 Å². The topological polar surface area (TPSA) is 154 Å². The Hall–Kier alpha value is -4.50. The monoisotopic (exact) mass is 1830 g/mol. The number of nitrogens with zero attached hydrogens (tertiary/aromatic N) is 5. The van der Waals surface area contributed by atoms with Crippen molar-refractivity contribution in [3.05, 3.63) is 61.4 Å². The van der Waals surface area contributed by atoms with Crippen LogP contribution in [0.2, 0.25) is 0 Å². The van der Waals surface area contributed by atoms with Gasteiger partial charge in [-0.25, -0.2) is 0 Å². The molecule has 130 heavy (non-hydrogen) atoms. The average molecular weight is 1840 g/mol. The first-order chi connectivity index (χ1) is 56.1. The second-order valence-electron chi connectivity index (χ2n) is 57.2. The van der Waals surface area contributed by atoms with E-state index < -0.39 is 5.97 Å². The highest BCUT2D eigenvalue weighted by Crippen LogP contribution is 2.55. The van der Waals surface area contributed by atoms with Crippen LogP contribution in [-0.4, -0.2) is 162 Å². The first kappa shape index (κ1) is 130. The van der Waals surface area contributed by atoms with Gasteiger partial charge in [-0.1, -0.05) is 388 Å². The van der Waals surface area contributed by atoms with Crippen LogP contribution in [0.3, 0.4) is 0 Å². The first-order valence-corrected chi connectivity index (χ1v) is 49.1. The molecule has 15 nitrogen and oxygen atoms in total. The number of likely N-dealkylation sites (tertiary alicyclic amines) is 5. The number of hydrogen-bond donors (Lipinski definition) is 2. The first-order valence-electron chi connectivity index (χ1n) is 49.1. The fourth-order valence-electron chi connectivity index (χ4n) is 22.4. The Bertz CT molecular complexity index is 3420. The molecule has 16 atom stereocenters. The van der Waals surface area contributed by atoms with Crippen LogP contribution in [0, 0.1) is 134 Å². The molecule has 0 aromatic rings. The van der Waals surface area contributed by atoms with E-state index in [0.717, 1.165) is 82.2 Å². The van der Waals surface area contributed by atoms with Gasteiger partial charge >= 0.3 is 11.9 Å². The summed E-state index contributed by atoms with van der Waals surface area (Å²) in [5.74, 6) is 4.83. The van der Waals surface area contributed by atoms with Crippen molar-refractivity contribution >= 4 is 23.8 Å². The van der Waals surface area contributed by atoms with Crippen LogP contribution >= 0.6 is 0 Å². The molecule has 8 aliphatic rings. The zero-order valence-corrected chi connectivity index (χ0v) is 93.6. The van der Waals surface area contributed by atoms with Gasteiger partial charge in [0, 0.05) is 119 Å². The second kappa shape index (κ2) is 47.2. The van der Waals surface area contributed by atoms with Crippen LogP contribution < -0.4 is 5.32 Å². The number of amides is 2. The van der Waals surface area contributed by atoms with Crippen LogP contribution in [0.15, 0.2) is 61.4 Å². The lowest BCUT2D eigenvalue weighted by Gasteiger charge is -2.43. The normalized spacial score (nSPS) is 26.8. The third kappa shape index (κ3) is 38.1. The molecule has 16 unspecified atom stereocenters. The summed E-state index contributed by atoms with van der Waals surface area (Å²) in [6, 6.07) is 2.42. The van der Waals surface area contributed by atoms with Gasteiger partial charge in [0.15, 0.2) is 0 Å². The molecule has 8 rings (SSSR count). The van der Waals surface area contributed by atoms with Gasteiger partial charge in [-0.15, -0.1) is 0 Å². The lowest BCUT2D eigenvalue weighted by molar-refractivity contribution is -0.147. The predicted octanol–water partition coefficient (Wildman–Crippen LogP) is 30.0. The standard InChI is InChI=1S/C16H31NO.C15H27NO3.C15H27NO2.C14H27NO.C14H27N.C13H25N.C13H24O.C12H24O.3CH4/c1-12-11-13(15(2,3)4)14(16(5,6)7)17(12)9-10-18-8;1-14(2,3)10-8-11(17)16(9-12(18)19-7)13(10)15(4,5)6;1-10-8-11(14(2,3)4)13(15(5,6)7)16(10)9-12(17)18;1-10(16)15-9-8-11(13(2,3)4)12(15)14(5,6)7;1-10-9-11(13(2,3)4)12(15(10)8)14(5,6)7;2*1-9-8-10(12(2,3)4)11(14-9)13(5,6)7;1-11(2,3)9-7-8-13-10(9)12(4,5)6;;;/h13-14H,1,9-11H2,2-8H3;10,13H,8-9H2,1-7H3;11,13H,1,8-9H2,2-7H3,(H,17,18);11-12H,8-9H2,1-7H3;11-12H,1,9H2,2-8H3;10-11,14H,1,8H2,2-7H3;10-11H,1,8H2,2-7H3;9-10H,7-8H2,1-6H3;3*1H4. The molecule has 8 heterocycles. The van der Waals surface area contributed by atoms with E-state index in [9.17, 15) is 19.2 Å². The number of carboxylic acids is 1. The Morgan fingerprint density at radius 1 is 0.385 bits per heavy atom. The van der Waals surface area contributed by atoms with Crippen LogP contribution in [0.1, 0.15) is 413 Å². The Morgan fingerprint density at radius 2 is 0.731 bits per heavy atom. The Kier molecular flexibility index (Phi) is 47.1. The summed E-state index contributed by atoms with van der Waals surface area (Å²) in [7, 11) is 5.33. The number of rotatable bonds is 7. The van der Waals surface area contributed by atoms with Gasteiger partial charge in [-0.2, -0.15) is 0 Å². The molecule has 0 aliphatic carbocycles. The maximum atomic E-state index is 12.3. The van der Waals surface area contributed by atoms with Gasteiger partial charge in [-0.05, 0) is 167 Å². The zero-order chi connectivity index (χ0) is 101. The van der Waals surface area contributed by atoms with Crippen molar-refractivity contribution in [2.45, 2.75) is 461 Å². The van der Waals surface area contributed by atoms with Crippen molar-refractivity contribution in [1.82, 2.24) is 29.8 Å². The summed E-state index contributed by atoms with van der Waals surface area (Å²) < 4.78 is 21.7. The van der Waals surface area contributed by atoms with Crippen molar-refractivity contribution in [3.63, 3.8) is 0 Å². The van der Waals surface area contributed by atoms with Crippen LogP contribution in [0.4, 0.5) is 0 Å². The highest BCUT2D eigenvalue weighted by molar-refractivity contribution is 5.84. The van der Waals surface area contributed by atoms with Crippen molar-refractivity contribution in [2.75, 3.05) is 60.7 Å². The van der Waals surface area contributed by atoms with E-state index in [1.807, 2.05) is 4.90 Å². The Labute approximate surface area is 809 Å². The molecule has 0 saturated carbocycles. The van der Waals surface area contributed by atoms with E-state index in [0.29, 0.717) is 116 Å². The number of allylic oxidation sites excluding steroid dienone is 5. The summed E-state index contributed by atoms with van der Waals surface area (Å²) >= 11 is 0. The van der Waals surface area contributed by atoms with Gasteiger partial charge in [0.25, 0.3) is 0 Å². The molecule has 15 heteroatoms. The molecule has 0 bridgehead atoms. The average Bonchev–Trinajstić information content (AvgIpc) is 1.62. The maximum absolute atomic E-state index is 12.3. The molecule has 0 aromatic carbocycles. The van der Waals surface area contributed by atoms with Crippen molar-refractivity contribution < 1.29 is 43.2 Å². The zero-order valence-electron chi connectivity index (χ0n) is 93.6. The van der Waals surface area contributed by atoms with E-state index in [-0.39, 0.29) is 120 Å². The lowest BCUT2D eigenvalue weighted by Crippen LogP contribution is -2.48. The number of nitrogens with one attached hydrogen (secondary N) is 1. The van der Waals surface area contributed by atoms with E-state index in [1.54, 1.807) is 18.9 Å². The van der Waals surface area contributed by atoms with Crippen molar-refractivity contribution in [1.29, 1.82) is 0 Å². The number of carbonyl (C=O) groups excluding carboxylic acids is 3. The summed E-state index contributed by atoms with van der Waals surface area (Å²) in [4.78, 5) is 57.2. The largest absolute Gasteiger partial charge is 0.495 e. The number of aliphatic carboxylic acids is 1. The smallest absolute Gasteiger partial charge is 0.325 e. The number of methoxy groups -OCH3 is 2. The molecule has 0 spiro atoms. The molecule has 8 aliphatic heterocycles. The third-order valence-corrected chi connectivity index (χ3v) is 28.9. The van der Waals surface area contributed by atoms with E-state index in [2.05, 4.69) is 392 Å². The molecular weight excluding hydrogens is 1610 g/mol. The molecule has 8 saturated heterocycles. The fourth-order valence-corrected chi connectivity index (χ4v) is 22.4. The van der Waals surface area contributed by atoms with Gasteiger partial charge in [0.2, 0.25) is 11.8 Å². The van der Waals surface area contributed by atoms with Crippen molar-refractivity contribution in [2.24, 2.45) is 134 Å². The number of carbonyl (C=O) groups is 4. The lowest BCUT2D eigenvalue weighted by atomic mass is 9.68. The molecule has 2 N–H and O–H groups in total. The second-order valence-corrected chi connectivity index (χ2v) is 57.2. The SMILES string of the molecule is C.C.C.C=C1CC(C(C)(C)C)C(C(C)(C)C)N1.C=C1CC(C(C)(C)C)C(C(C)(C)C)N1C.C=C1CC(C(C)(C)C)C(C(C)(C)C)N1CC(=O)O.C=C1CC(C(C)(C)C)C(C(C)(C)C)N1CCOC.C=C1CC(C(C)(C)C)C(C(C)(C)C)O1.CC(=O)N1CCC(C(C)(C)C)C1C(C)(C)C.CC(C)(C)C1CCOC1C(C)(C)C.COC(=O)CN1C(=O)CC(C(C)(C)C)C1C(C)(C)C. The minimum Gasteiger partial charge on any atom is -0.495 e. The molecule has 8 fully saturated rings. The summed E-state index contributed by atoms with van der Waals surface area (Å²) in [6.45, 7) is 135. The van der Waals surface area contributed by atoms with Gasteiger partial charge in [-0.3, -0.25) is 19.2 Å². The minimum absolute atomic E-state index is 0. The van der Waals surface area contributed by atoms with Crippen molar-refractivity contribution in [3.8, 4) is 0 Å². The highest BCUT2D eigenvalue weighted by Gasteiger charge is 2.55. The fraction of sp³-hybridized carbons (Fsp3) is 0.878. The molecule has 2 amide bonds. The Balaban J connectivity index is -0.00000142. The number of hydrogen-bond acceptors (Lipinski definition) is 12. The number of carboxylic acid groups (broad SMARTS) is 1.